The van der Waals surface area contributed by atoms with Gasteiger partial charge in [-0.1, -0.05) is 22.9 Å². The molecule has 0 aliphatic carbocycles. The second-order valence-corrected chi connectivity index (χ2v) is 5.27. The summed E-state index contributed by atoms with van der Waals surface area (Å²) in [6.45, 7) is 3.58. The number of carbonyl (C=O) groups is 1. The first-order valence-corrected chi connectivity index (χ1v) is 7.58. The summed E-state index contributed by atoms with van der Waals surface area (Å²) in [5.74, 6) is 0. The van der Waals surface area contributed by atoms with Crippen molar-refractivity contribution >= 4 is 32.2 Å². The first kappa shape index (κ1) is 15.7. The fourth-order valence-corrected chi connectivity index (χ4v) is 2.61. The summed E-state index contributed by atoms with van der Waals surface area (Å²) >= 11 is 3.23. The third kappa shape index (κ3) is 7.02. The van der Waals surface area contributed by atoms with Gasteiger partial charge in [0.05, 0.1) is 6.61 Å². The Labute approximate surface area is 104 Å². The predicted octanol–water partition coefficient (Wildman–Crippen LogP) is 1.13. The zero-order chi connectivity index (χ0) is 12.6. The molecule has 0 aromatic rings. The highest BCUT2D eigenvalue weighted by Crippen LogP contribution is 2.01. The lowest BCUT2D eigenvalue weighted by molar-refractivity contribution is 0.158. The van der Waals surface area contributed by atoms with Crippen molar-refractivity contribution < 1.29 is 17.9 Å². The van der Waals surface area contributed by atoms with Gasteiger partial charge in [0.2, 0.25) is 0 Å². The molecule has 1 unspecified atom stereocenters. The van der Waals surface area contributed by atoms with Crippen molar-refractivity contribution in [3.05, 3.63) is 0 Å². The Bertz CT molecular complexity index is 307. The van der Waals surface area contributed by atoms with Crippen LogP contribution in [-0.4, -0.2) is 32.5 Å². The number of ether oxygens (including phenoxy) is 1. The van der Waals surface area contributed by atoms with E-state index in [0.29, 0.717) is 18.2 Å². The standard InChI is InChI=1S/C8H17BrN2O4S/c1-3-7(5-6-9)10-16(13,14)11-8(12)15-4-2/h7,10H,3-6H2,1-2H3,(H,11,12). The Hall–Kier alpha value is -0.340. The molecule has 0 radical (unpaired) electrons. The maximum Gasteiger partial charge on any atom is 0.421 e. The van der Waals surface area contributed by atoms with Crippen molar-refractivity contribution in [3.63, 3.8) is 0 Å². The second kappa shape index (κ2) is 7.86. The number of alkyl halides is 1. The molecule has 0 bridgehead atoms. The molecule has 0 aliphatic rings. The Balaban J connectivity index is 4.27. The van der Waals surface area contributed by atoms with Crippen LogP contribution in [0.5, 0.6) is 0 Å². The highest BCUT2D eigenvalue weighted by Gasteiger charge is 2.18. The molecule has 0 aromatic heterocycles. The number of rotatable bonds is 7. The molecule has 2 N–H and O–H groups in total. The largest absolute Gasteiger partial charge is 0.449 e. The molecule has 0 rings (SSSR count). The molecule has 0 saturated carbocycles. The van der Waals surface area contributed by atoms with Crippen LogP contribution in [0.4, 0.5) is 4.79 Å². The van der Waals surface area contributed by atoms with Crippen LogP contribution in [0.25, 0.3) is 0 Å². The van der Waals surface area contributed by atoms with Gasteiger partial charge in [-0.15, -0.1) is 0 Å². The normalized spacial score (nSPS) is 13.2. The van der Waals surface area contributed by atoms with E-state index >= 15 is 0 Å². The third-order valence-corrected chi connectivity index (χ3v) is 3.30. The Kier molecular flexibility index (Phi) is 7.69. The zero-order valence-electron chi connectivity index (χ0n) is 9.32. The SMILES string of the molecule is CCOC(=O)NS(=O)(=O)NC(CC)CCBr. The molecule has 0 aromatic carbocycles. The fraction of sp³-hybridized carbons (Fsp3) is 0.875. The average Bonchev–Trinajstić information content (AvgIpc) is 2.16. The van der Waals surface area contributed by atoms with E-state index in [9.17, 15) is 13.2 Å². The minimum absolute atomic E-state index is 0.125. The van der Waals surface area contributed by atoms with Crippen LogP contribution in [-0.2, 0) is 14.9 Å². The monoisotopic (exact) mass is 316 g/mol. The van der Waals surface area contributed by atoms with E-state index in [1.165, 1.54) is 0 Å². The van der Waals surface area contributed by atoms with Crippen LogP contribution in [0.3, 0.4) is 0 Å². The number of carbonyl (C=O) groups excluding carboxylic acids is 1. The smallest absolute Gasteiger partial charge is 0.421 e. The van der Waals surface area contributed by atoms with Crippen LogP contribution in [0.1, 0.15) is 26.7 Å². The molecule has 0 heterocycles. The van der Waals surface area contributed by atoms with Crippen LogP contribution < -0.4 is 9.44 Å². The molecule has 0 saturated heterocycles. The molecule has 0 aliphatic heterocycles. The van der Waals surface area contributed by atoms with Gasteiger partial charge in [0, 0.05) is 11.4 Å². The fourth-order valence-electron chi connectivity index (χ4n) is 0.997. The van der Waals surface area contributed by atoms with Crippen molar-refractivity contribution in [1.29, 1.82) is 0 Å². The Morgan fingerprint density at radius 1 is 1.44 bits per heavy atom. The second-order valence-electron chi connectivity index (χ2n) is 3.03. The predicted molar refractivity (Wildman–Crippen MR) is 64.7 cm³/mol. The molecule has 1 atom stereocenters. The molecule has 0 fully saturated rings. The lowest BCUT2D eigenvalue weighted by atomic mass is 10.2. The number of amides is 1. The molecule has 0 spiro atoms. The lowest BCUT2D eigenvalue weighted by Gasteiger charge is -2.15. The van der Waals surface area contributed by atoms with Crippen LogP contribution in [0.2, 0.25) is 0 Å². The van der Waals surface area contributed by atoms with Gasteiger partial charge in [-0.2, -0.15) is 13.1 Å². The van der Waals surface area contributed by atoms with Gasteiger partial charge in [-0.25, -0.2) is 9.52 Å². The van der Waals surface area contributed by atoms with Crippen molar-refractivity contribution in [3.8, 4) is 0 Å². The van der Waals surface area contributed by atoms with E-state index in [0.717, 1.165) is 0 Å². The van der Waals surface area contributed by atoms with Gasteiger partial charge in [0.25, 0.3) is 0 Å². The van der Waals surface area contributed by atoms with Crippen molar-refractivity contribution in [1.82, 2.24) is 9.44 Å². The summed E-state index contributed by atoms with van der Waals surface area (Å²) in [4.78, 5) is 10.9. The minimum atomic E-state index is -3.83. The van der Waals surface area contributed by atoms with Gasteiger partial charge in [0.15, 0.2) is 0 Å². The maximum absolute atomic E-state index is 11.4. The van der Waals surface area contributed by atoms with Gasteiger partial charge in [0.1, 0.15) is 0 Å². The topological polar surface area (TPSA) is 84.5 Å². The van der Waals surface area contributed by atoms with Crippen molar-refractivity contribution in [2.24, 2.45) is 0 Å². The Morgan fingerprint density at radius 3 is 2.50 bits per heavy atom. The molecule has 6 nitrogen and oxygen atoms in total. The summed E-state index contributed by atoms with van der Waals surface area (Å²) in [7, 11) is -3.83. The number of nitrogens with one attached hydrogen (secondary N) is 2. The van der Waals surface area contributed by atoms with Crippen molar-refractivity contribution in [2.45, 2.75) is 32.7 Å². The summed E-state index contributed by atoms with van der Waals surface area (Å²) in [5.41, 5.74) is 0. The van der Waals surface area contributed by atoms with E-state index < -0.39 is 16.3 Å². The van der Waals surface area contributed by atoms with Crippen molar-refractivity contribution in [2.75, 3.05) is 11.9 Å². The number of halogens is 1. The summed E-state index contributed by atoms with van der Waals surface area (Å²) in [6.07, 6.45) is 0.332. The minimum Gasteiger partial charge on any atom is -0.449 e. The van der Waals surface area contributed by atoms with Crippen LogP contribution >= 0.6 is 15.9 Å². The van der Waals surface area contributed by atoms with Crippen LogP contribution in [0.15, 0.2) is 0 Å². The molecule has 16 heavy (non-hydrogen) atoms. The zero-order valence-corrected chi connectivity index (χ0v) is 11.7. The Morgan fingerprint density at radius 2 is 2.06 bits per heavy atom. The molecular weight excluding hydrogens is 300 g/mol. The molecular formula is C8H17BrN2O4S. The lowest BCUT2D eigenvalue weighted by Crippen LogP contribution is -2.45. The third-order valence-electron chi connectivity index (χ3n) is 1.77. The maximum atomic E-state index is 11.4. The first-order chi connectivity index (χ1) is 7.45. The molecule has 96 valence electrons. The summed E-state index contributed by atoms with van der Waals surface area (Å²) in [5, 5.41) is 0.688. The van der Waals surface area contributed by atoms with E-state index in [4.69, 9.17) is 0 Å². The quantitative estimate of drug-likeness (QED) is 0.690. The van der Waals surface area contributed by atoms with E-state index in [2.05, 4.69) is 25.4 Å². The summed E-state index contributed by atoms with van der Waals surface area (Å²) in [6, 6.07) is -0.202. The molecule has 8 heteroatoms. The van der Waals surface area contributed by atoms with E-state index in [1.807, 2.05) is 6.92 Å². The van der Waals surface area contributed by atoms with E-state index in [1.54, 1.807) is 11.6 Å². The van der Waals surface area contributed by atoms with Gasteiger partial charge >= 0.3 is 16.3 Å². The highest BCUT2D eigenvalue weighted by molar-refractivity contribution is 9.09. The highest BCUT2D eigenvalue weighted by atomic mass is 79.9. The van der Waals surface area contributed by atoms with Gasteiger partial charge < -0.3 is 4.74 Å². The number of hydrogen-bond acceptors (Lipinski definition) is 4. The van der Waals surface area contributed by atoms with Gasteiger partial charge in [-0.05, 0) is 19.8 Å². The van der Waals surface area contributed by atoms with E-state index in [-0.39, 0.29) is 12.6 Å². The van der Waals surface area contributed by atoms with Gasteiger partial charge in [-0.3, -0.25) is 0 Å². The molecule has 1 amide bonds. The average molecular weight is 317 g/mol. The van der Waals surface area contributed by atoms with Crippen LogP contribution in [0, 0.1) is 0 Å². The number of hydrogen-bond donors (Lipinski definition) is 2. The summed E-state index contributed by atoms with van der Waals surface area (Å²) < 4.78 is 31.4. The first-order valence-electron chi connectivity index (χ1n) is 4.98.